The van der Waals surface area contributed by atoms with Gasteiger partial charge in [0.15, 0.2) is 5.16 Å². The van der Waals surface area contributed by atoms with Crippen LogP contribution in [0.15, 0.2) is 41.8 Å². The Morgan fingerprint density at radius 1 is 1.35 bits per heavy atom. The summed E-state index contributed by atoms with van der Waals surface area (Å²) in [6, 6.07) is 7.98. The molecule has 0 aliphatic carbocycles. The third kappa shape index (κ3) is 2.82. The first-order valence-corrected chi connectivity index (χ1v) is 6.43. The smallest absolute Gasteiger partial charge is 0.172 e. The van der Waals surface area contributed by atoms with Gasteiger partial charge in [-0.15, -0.1) is 0 Å². The molecule has 0 aliphatic rings. The predicted octanol–water partition coefficient (Wildman–Crippen LogP) is 3.38. The van der Waals surface area contributed by atoms with Crippen LogP contribution in [0.5, 0.6) is 5.75 Å². The molecule has 0 aliphatic heterocycles. The van der Waals surface area contributed by atoms with Crippen LogP contribution in [-0.4, -0.2) is 21.9 Å². The van der Waals surface area contributed by atoms with Crippen molar-refractivity contribution in [2.75, 3.05) is 7.11 Å². The van der Waals surface area contributed by atoms with Gasteiger partial charge in [0, 0.05) is 23.7 Å². The monoisotopic (exact) mass is 248 g/mol. The van der Waals surface area contributed by atoms with Gasteiger partial charge < -0.3 is 4.74 Å². The van der Waals surface area contributed by atoms with E-state index in [9.17, 15) is 0 Å². The van der Waals surface area contributed by atoms with E-state index < -0.39 is 0 Å². The second kappa shape index (κ2) is 5.27. The fourth-order valence-corrected chi connectivity index (χ4v) is 2.37. The van der Waals surface area contributed by atoms with Crippen LogP contribution in [0.25, 0.3) is 5.69 Å². The number of imidazole rings is 1. The van der Waals surface area contributed by atoms with Crippen LogP contribution >= 0.6 is 11.8 Å². The SMILES string of the molecule is COc1cccc(-n2ccnc2SC(C)C)c1. The molecule has 3 nitrogen and oxygen atoms in total. The highest BCUT2D eigenvalue weighted by molar-refractivity contribution is 7.99. The summed E-state index contributed by atoms with van der Waals surface area (Å²) in [5, 5.41) is 1.52. The molecule has 90 valence electrons. The molecule has 0 saturated heterocycles. The standard InChI is InChI=1S/C13H16N2OS/c1-10(2)17-13-14-7-8-15(13)11-5-4-6-12(9-11)16-3/h4-10H,1-3H3. The number of ether oxygens (including phenoxy) is 1. The molecule has 2 aromatic rings. The van der Waals surface area contributed by atoms with Gasteiger partial charge in [-0.3, -0.25) is 4.57 Å². The van der Waals surface area contributed by atoms with Crippen LogP contribution in [0, 0.1) is 0 Å². The van der Waals surface area contributed by atoms with Crippen LogP contribution in [0.1, 0.15) is 13.8 Å². The Bertz CT molecular complexity index is 494. The first kappa shape index (κ1) is 12.0. The maximum absolute atomic E-state index is 5.23. The van der Waals surface area contributed by atoms with Crippen molar-refractivity contribution < 1.29 is 4.74 Å². The van der Waals surface area contributed by atoms with E-state index in [2.05, 4.69) is 29.5 Å². The lowest BCUT2D eigenvalue weighted by Crippen LogP contribution is -1.98. The van der Waals surface area contributed by atoms with Gasteiger partial charge in [0.2, 0.25) is 0 Å². The lowest BCUT2D eigenvalue weighted by molar-refractivity contribution is 0.414. The second-order valence-corrected chi connectivity index (χ2v) is 5.49. The van der Waals surface area contributed by atoms with Gasteiger partial charge in [-0.25, -0.2) is 4.98 Å². The Hall–Kier alpha value is -1.42. The Morgan fingerprint density at radius 3 is 2.88 bits per heavy atom. The molecule has 1 aromatic heterocycles. The number of rotatable bonds is 4. The first-order chi connectivity index (χ1) is 8.20. The summed E-state index contributed by atoms with van der Waals surface area (Å²) in [7, 11) is 1.68. The minimum atomic E-state index is 0.516. The minimum absolute atomic E-state index is 0.516. The summed E-state index contributed by atoms with van der Waals surface area (Å²) < 4.78 is 7.31. The zero-order valence-electron chi connectivity index (χ0n) is 10.3. The van der Waals surface area contributed by atoms with Gasteiger partial charge in [0.25, 0.3) is 0 Å². The second-order valence-electron chi connectivity index (χ2n) is 3.95. The van der Waals surface area contributed by atoms with E-state index >= 15 is 0 Å². The van der Waals surface area contributed by atoms with E-state index in [0.29, 0.717) is 5.25 Å². The predicted molar refractivity (Wildman–Crippen MR) is 71.1 cm³/mol. The maximum atomic E-state index is 5.23. The largest absolute Gasteiger partial charge is 0.497 e. The van der Waals surface area contributed by atoms with Gasteiger partial charge in [-0.05, 0) is 12.1 Å². The minimum Gasteiger partial charge on any atom is -0.497 e. The molecule has 4 heteroatoms. The van der Waals surface area contributed by atoms with Crippen molar-refractivity contribution in [1.82, 2.24) is 9.55 Å². The molecule has 0 radical (unpaired) electrons. The summed E-state index contributed by atoms with van der Waals surface area (Å²) in [5.41, 5.74) is 1.07. The van der Waals surface area contributed by atoms with E-state index in [1.165, 1.54) is 0 Å². The fraction of sp³-hybridized carbons (Fsp3) is 0.308. The molecule has 0 atom stereocenters. The van der Waals surface area contributed by atoms with Crippen LogP contribution in [0.3, 0.4) is 0 Å². The van der Waals surface area contributed by atoms with E-state index in [4.69, 9.17) is 4.74 Å². The Kier molecular flexibility index (Phi) is 3.74. The number of aromatic nitrogens is 2. The molecule has 0 spiro atoms. The molecule has 1 aromatic carbocycles. The van der Waals surface area contributed by atoms with Crippen LogP contribution in [0.2, 0.25) is 0 Å². The normalized spacial score (nSPS) is 10.8. The summed E-state index contributed by atoms with van der Waals surface area (Å²) >= 11 is 1.75. The van der Waals surface area contributed by atoms with E-state index in [1.807, 2.05) is 30.6 Å². The van der Waals surface area contributed by atoms with Crippen molar-refractivity contribution >= 4 is 11.8 Å². The average Bonchev–Trinajstić information content (AvgIpc) is 2.76. The quantitative estimate of drug-likeness (QED) is 0.776. The van der Waals surface area contributed by atoms with Crippen LogP contribution in [-0.2, 0) is 0 Å². The average molecular weight is 248 g/mol. The highest BCUT2D eigenvalue weighted by Gasteiger charge is 2.08. The van der Waals surface area contributed by atoms with Crippen molar-refractivity contribution in [3.63, 3.8) is 0 Å². The molecule has 0 N–H and O–H groups in total. The Balaban J connectivity index is 2.35. The zero-order valence-corrected chi connectivity index (χ0v) is 11.1. The molecule has 0 bridgehead atoms. The van der Waals surface area contributed by atoms with Crippen LogP contribution in [0.4, 0.5) is 0 Å². The Morgan fingerprint density at radius 2 is 2.18 bits per heavy atom. The number of hydrogen-bond donors (Lipinski definition) is 0. The van der Waals surface area contributed by atoms with Crippen molar-refractivity contribution in [2.24, 2.45) is 0 Å². The van der Waals surface area contributed by atoms with Gasteiger partial charge in [-0.1, -0.05) is 31.7 Å². The van der Waals surface area contributed by atoms with Crippen LogP contribution < -0.4 is 4.74 Å². The van der Waals surface area contributed by atoms with Crippen molar-refractivity contribution in [3.8, 4) is 11.4 Å². The fourth-order valence-electron chi connectivity index (χ4n) is 1.54. The molecule has 2 rings (SSSR count). The lowest BCUT2D eigenvalue weighted by Gasteiger charge is -2.10. The highest BCUT2D eigenvalue weighted by Crippen LogP contribution is 2.25. The molecule has 0 amide bonds. The first-order valence-electron chi connectivity index (χ1n) is 5.55. The Labute approximate surface area is 106 Å². The van der Waals surface area contributed by atoms with E-state index in [-0.39, 0.29) is 0 Å². The van der Waals surface area contributed by atoms with Gasteiger partial charge in [0.05, 0.1) is 12.8 Å². The molecular formula is C13H16N2OS. The van der Waals surface area contributed by atoms with Gasteiger partial charge >= 0.3 is 0 Å². The highest BCUT2D eigenvalue weighted by atomic mass is 32.2. The van der Waals surface area contributed by atoms with Gasteiger partial charge in [0.1, 0.15) is 5.75 Å². The number of benzene rings is 1. The number of thioether (sulfide) groups is 1. The molecule has 1 heterocycles. The number of hydrogen-bond acceptors (Lipinski definition) is 3. The summed E-state index contributed by atoms with van der Waals surface area (Å²) in [6.45, 7) is 4.32. The summed E-state index contributed by atoms with van der Waals surface area (Å²) in [6.07, 6.45) is 3.80. The number of nitrogens with zero attached hydrogens (tertiary/aromatic N) is 2. The van der Waals surface area contributed by atoms with Crippen molar-refractivity contribution in [2.45, 2.75) is 24.3 Å². The van der Waals surface area contributed by atoms with Gasteiger partial charge in [-0.2, -0.15) is 0 Å². The zero-order chi connectivity index (χ0) is 12.3. The third-order valence-electron chi connectivity index (χ3n) is 2.28. The van der Waals surface area contributed by atoms with Crippen molar-refractivity contribution in [3.05, 3.63) is 36.7 Å². The molecular weight excluding hydrogens is 232 g/mol. The molecule has 0 fully saturated rings. The maximum Gasteiger partial charge on any atom is 0.172 e. The molecule has 17 heavy (non-hydrogen) atoms. The molecule has 0 saturated carbocycles. The van der Waals surface area contributed by atoms with E-state index in [0.717, 1.165) is 16.6 Å². The number of methoxy groups -OCH3 is 1. The summed E-state index contributed by atoms with van der Waals surface area (Å²) in [5.74, 6) is 0.858. The van der Waals surface area contributed by atoms with Crippen molar-refractivity contribution in [1.29, 1.82) is 0 Å². The summed E-state index contributed by atoms with van der Waals surface area (Å²) in [4.78, 5) is 4.37. The topological polar surface area (TPSA) is 27.1 Å². The lowest BCUT2D eigenvalue weighted by atomic mass is 10.3. The molecule has 0 unspecified atom stereocenters. The van der Waals surface area contributed by atoms with E-state index in [1.54, 1.807) is 18.9 Å². The third-order valence-corrected chi connectivity index (χ3v) is 3.26.